The van der Waals surface area contributed by atoms with Crippen LogP contribution in [0.5, 0.6) is 0 Å². The van der Waals surface area contributed by atoms with E-state index < -0.39 is 15.6 Å². The zero-order valence-corrected chi connectivity index (χ0v) is 9.57. The molecule has 1 unspecified atom stereocenters. The minimum Gasteiger partial charge on any atom is -0.381 e. The fourth-order valence-corrected chi connectivity index (χ4v) is 2.06. The van der Waals surface area contributed by atoms with Crippen molar-refractivity contribution in [2.75, 3.05) is 0 Å². The molecule has 0 fully saturated rings. The van der Waals surface area contributed by atoms with Crippen LogP contribution in [0, 0.1) is 5.92 Å². The molecule has 0 N–H and O–H groups in total. The maximum absolute atomic E-state index is 12.0. The average molecular weight is 258 g/mol. The number of rotatable bonds is 3. The Hall–Kier alpha value is -0.720. The molecule has 94 valence electrons. The lowest BCUT2D eigenvalue weighted by Gasteiger charge is -2.20. The highest BCUT2D eigenvalue weighted by molar-refractivity contribution is 7.87. The van der Waals surface area contributed by atoms with Crippen LogP contribution in [0.1, 0.15) is 32.6 Å². The standard InChI is InChI=1S/C9H13F3O3S/c1-2-7-4-3-5-8(6-7)15-16(13,14)9(10,11)12/h6-7H,2-5H2,1H3. The molecule has 0 amide bonds. The third kappa shape index (κ3) is 3.13. The zero-order valence-electron chi connectivity index (χ0n) is 8.75. The van der Waals surface area contributed by atoms with Crippen molar-refractivity contribution in [2.45, 2.75) is 38.1 Å². The van der Waals surface area contributed by atoms with Crippen molar-refractivity contribution in [3.63, 3.8) is 0 Å². The molecular weight excluding hydrogens is 245 g/mol. The molecule has 1 aliphatic carbocycles. The van der Waals surface area contributed by atoms with Gasteiger partial charge in [0.15, 0.2) is 0 Å². The molecule has 7 heteroatoms. The van der Waals surface area contributed by atoms with Crippen LogP contribution < -0.4 is 0 Å². The summed E-state index contributed by atoms with van der Waals surface area (Å²) in [6, 6.07) is 0. The smallest absolute Gasteiger partial charge is 0.381 e. The van der Waals surface area contributed by atoms with Gasteiger partial charge in [-0.2, -0.15) is 21.6 Å². The van der Waals surface area contributed by atoms with Crippen molar-refractivity contribution in [3.05, 3.63) is 11.8 Å². The molecule has 3 nitrogen and oxygen atoms in total. The molecule has 1 atom stereocenters. The van der Waals surface area contributed by atoms with Crippen LogP contribution >= 0.6 is 0 Å². The van der Waals surface area contributed by atoms with Gasteiger partial charge in [0.2, 0.25) is 0 Å². The molecular formula is C9H13F3O3S. The first-order valence-corrected chi connectivity index (χ1v) is 6.38. The maximum Gasteiger partial charge on any atom is 0.534 e. The lowest BCUT2D eigenvalue weighted by molar-refractivity contribution is -0.0524. The molecule has 0 saturated carbocycles. The fraction of sp³-hybridized carbons (Fsp3) is 0.778. The Bertz CT molecular complexity index is 370. The number of alkyl halides is 3. The number of hydrogen-bond donors (Lipinski definition) is 0. The summed E-state index contributed by atoms with van der Waals surface area (Å²) < 4.78 is 61.6. The van der Waals surface area contributed by atoms with Crippen molar-refractivity contribution in [2.24, 2.45) is 5.92 Å². The first-order valence-electron chi connectivity index (χ1n) is 4.97. The van der Waals surface area contributed by atoms with Crippen LogP contribution in [0.25, 0.3) is 0 Å². The van der Waals surface area contributed by atoms with Crippen LogP contribution in [0.15, 0.2) is 11.8 Å². The molecule has 0 aliphatic heterocycles. The first kappa shape index (κ1) is 13.3. The van der Waals surface area contributed by atoms with Crippen LogP contribution in [-0.2, 0) is 14.3 Å². The van der Waals surface area contributed by atoms with Crippen molar-refractivity contribution in [1.29, 1.82) is 0 Å². The molecule has 0 aromatic carbocycles. The SMILES string of the molecule is CCC1C=C(OS(=O)(=O)C(F)(F)F)CCC1. The topological polar surface area (TPSA) is 43.4 Å². The monoisotopic (exact) mass is 258 g/mol. The molecule has 0 saturated heterocycles. The van der Waals surface area contributed by atoms with E-state index in [1.807, 2.05) is 6.92 Å². The molecule has 0 aromatic rings. The third-order valence-electron chi connectivity index (χ3n) is 2.44. The number of halogens is 3. The molecule has 1 aliphatic rings. The normalized spacial score (nSPS) is 22.8. The maximum atomic E-state index is 12.0. The van der Waals surface area contributed by atoms with E-state index in [1.165, 1.54) is 6.08 Å². The minimum absolute atomic E-state index is 0.0876. The molecule has 0 bridgehead atoms. The van der Waals surface area contributed by atoms with Crippen molar-refractivity contribution < 1.29 is 25.8 Å². The van der Waals surface area contributed by atoms with Crippen molar-refractivity contribution >= 4 is 10.1 Å². The van der Waals surface area contributed by atoms with Gasteiger partial charge in [-0.3, -0.25) is 0 Å². The van der Waals surface area contributed by atoms with Gasteiger partial charge in [0.25, 0.3) is 0 Å². The molecule has 0 spiro atoms. The largest absolute Gasteiger partial charge is 0.534 e. The van der Waals surface area contributed by atoms with Gasteiger partial charge in [0.05, 0.1) is 0 Å². The van der Waals surface area contributed by atoms with E-state index in [0.29, 0.717) is 6.42 Å². The highest BCUT2D eigenvalue weighted by atomic mass is 32.2. The Morgan fingerprint density at radius 2 is 2.12 bits per heavy atom. The number of allylic oxidation sites excluding steroid dienone is 2. The van der Waals surface area contributed by atoms with Crippen molar-refractivity contribution in [1.82, 2.24) is 0 Å². The second-order valence-corrected chi connectivity index (χ2v) is 5.21. The lowest BCUT2D eigenvalue weighted by Crippen LogP contribution is -2.26. The summed E-state index contributed by atoms with van der Waals surface area (Å²) >= 11 is 0. The molecule has 16 heavy (non-hydrogen) atoms. The second kappa shape index (κ2) is 4.65. The summed E-state index contributed by atoms with van der Waals surface area (Å²) in [6.07, 6.45) is 3.99. The van der Waals surface area contributed by atoms with Crippen molar-refractivity contribution in [3.8, 4) is 0 Å². The van der Waals surface area contributed by atoms with Gasteiger partial charge >= 0.3 is 15.6 Å². The Morgan fingerprint density at radius 1 is 1.50 bits per heavy atom. The second-order valence-electron chi connectivity index (χ2n) is 3.68. The quantitative estimate of drug-likeness (QED) is 0.577. The average Bonchev–Trinajstić information content (AvgIpc) is 2.15. The Labute approximate surface area is 92.4 Å². The van der Waals surface area contributed by atoms with E-state index in [1.54, 1.807) is 0 Å². The predicted molar refractivity (Wildman–Crippen MR) is 51.8 cm³/mol. The van der Waals surface area contributed by atoms with E-state index in [2.05, 4.69) is 4.18 Å². The van der Waals surface area contributed by atoms with Gasteiger partial charge in [-0.05, 0) is 31.3 Å². The summed E-state index contributed by atoms with van der Waals surface area (Å²) in [5, 5.41) is 0. The fourth-order valence-electron chi connectivity index (χ4n) is 1.55. The van der Waals surface area contributed by atoms with Gasteiger partial charge in [-0.15, -0.1) is 0 Å². The third-order valence-corrected chi connectivity index (χ3v) is 3.44. The number of hydrogen-bond acceptors (Lipinski definition) is 3. The Kier molecular flexibility index (Phi) is 3.88. The summed E-state index contributed by atoms with van der Waals surface area (Å²) in [4.78, 5) is 0. The summed E-state index contributed by atoms with van der Waals surface area (Å²) in [5.41, 5.74) is -5.35. The zero-order chi connectivity index (χ0) is 12.4. The Morgan fingerprint density at radius 3 is 2.62 bits per heavy atom. The molecule has 0 heterocycles. The van der Waals surface area contributed by atoms with Gasteiger partial charge in [-0.25, -0.2) is 0 Å². The van der Waals surface area contributed by atoms with E-state index in [9.17, 15) is 21.6 Å². The molecule has 0 radical (unpaired) electrons. The van der Waals surface area contributed by atoms with E-state index >= 15 is 0 Å². The highest BCUT2D eigenvalue weighted by Crippen LogP contribution is 2.31. The van der Waals surface area contributed by atoms with Gasteiger partial charge in [-0.1, -0.05) is 6.92 Å². The van der Waals surface area contributed by atoms with E-state index in [4.69, 9.17) is 0 Å². The van der Waals surface area contributed by atoms with Gasteiger partial charge < -0.3 is 4.18 Å². The van der Waals surface area contributed by atoms with Crippen LogP contribution in [0.4, 0.5) is 13.2 Å². The van der Waals surface area contributed by atoms with Crippen LogP contribution in [0.3, 0.4) is 0 Å². The van der Waals surface area contributed by atoms with Gasteiger partial charge in [0.1, 0.15) is 5.76 Å². The summed E-state index contributed by atoms with van der Waals surface area (Å²) in [7, 11) is -5.50. The summed E-state index contributed by atoms with van der Waals surface area (Å²) in [5.74, 6) is 0.0163. The van der Waals surface area contributed by atoms with E-state index in [-0.39, 0.29) is 18.1 Å². The van der Waals surface area contributed by atoms with Crippen LogP contribution in [0.2, 0.25) is 0 Å². The molecule has 0 aromatic heterocycles. The lowest BCUT2D eigenvalue weighted by atomic mass is 9.93. The van der Waals surface area contributed by atoms with Gasteiger partial charge in [0, 0.05) is 6.42 Å². The summed E-state index contributed by atoms with van der Waals surface area (Å²) in [6.45, 7) is 1.89. The minimum atomic E-state index is -5.50. The first-order chi connectivity index (χ1) is 7.26. The van der Waals surface area contributed by atoms with E-state index in [0.717, 1.165) is 12.8 Å². The highest BCUT2D eigenvalue weighted by Gasteiger charge is 2.48. The Balaban J connectivity index is 2.79. The van der Waals surface area contributed by atoms with Crippen LogP contribution in [-0.4, -0.2) is 13.9 Å². The molecule has 1 rings (SSSR count). The predicted octanol–water partition coefficient (Wildman–Crippen LogP) is 2.95.